The van der Waals surface area contributed by atoms with E-state index in [4.69, 9.17) is 37.9 Å². The third kappa shape index (κ3) is 12.9. The Morgan fingerprint density at radius 1 is 0.712 bits per heavy atom. The minimum absolute atomic E-state index is 0.0477. The molecule has 0 spiro atoms. The number of hydrogen-bond donors (Lipinski definition) is 1. The van der Waals surface area contributed by atoms with Crippen LogP contribution in [-0.4, -0.2) is 73.2 Å². The molecular weight excluding hydrogens is 775 g/mol. The van der Waals surface area contributed by atoms with Gasteiger partial charge in [-0.25, -0.2) is 14.4 Å². The molecule has 1 amide bonds. The van der Waals surface area contributed by atoms with Crippen molar-refractivity contribution in [1.29, 1.82) is 0 Å². The molecule has 2 aliphatic rings. The summed E-state index contributed by atoms with van der Waals surface area (Å²) in [6.45, 7) is 6.02. The van der Waals surface area contributed by atoms with Gasteiger partial charge in [-0.2, -0.15) is 0 Å². The molecule has 0 aromatic heterocycles. The standard InChI is InChI=1S/C46H51NO11S/c1-46(2,3)58-45(50)47-35(42(48)55-29-34-23-15-8-16-24-34)25-36-40(43(49)51-4)59-41-39(54-28-33-21-13-7-14-22-33)38(53-27-32-19-11-6-12-20-32)37(57-44(41)56-36)30-52-26-31-17-9-5-10-18-31/h5-24,35,37-39,41,44H,25-30H2,1-4H3,(H,47,50)/t35-,37+,38+,39-,41+,44-/m0/s1. The van der Waals surface area contributed by atoms with Crippen LogP contribution in [0.2, 0.25) is 0 Å². The average Bonchev–Trinajstić information content (AvgIpc) is 3.24. The number of fused-ring (bicyclic) bond motifs is 1. The molecule has 0 bridgehead atoms. The van der Waals surface area contributed by atoms with Crippen molar-refractivity contribution in [1.82, 2.24) is 5.32 Å². The lowest BCUT2D eigenvalue weighted by Crippen LogP contribution is -2.61. The second-order valence-corrected chi connectivity index (χ2v) is 16.2. The first kappa shape index (κ1) is 43.4. The highest BCUT2D eigenvalue weighted by molar-refractivity contribution is 8.04. The van der Waals surface area contributed by atoms with Crippen LogP contribution in [0.3, 0.4) is 0 Å². The number of rotatable bonds is 17. The Morgan fingerprint density at radius 2 is 1.22 bits per heavy atom. The van der Waals surface area contributed by atoms with Gasteiger partial charge in [0.2, 0.25) is 6.29 Å². The Labute approximate surface area is 349 Å². The number of hydrogen-bond acceptors (Lipinski definition) is 12. The number of esters is 2. The van der Waals surface area contributed by atoms with Crippen LogP contribution in [0.5, 0.6) is 0 Å². The van der Waals surface area contributed by atoms with E-state index >= 15 is 0 Å². The molecular formula is C46H51NO11S. The number of ether oxygens (including phenoxy) is 8. The second-order valence-electron chi connectivity index (χ2n) is 15.0. The number of alkyl carbamates (subject to hydrolysis) is 1. The van der Waals surface area contributed by atoms with E-state index in [1.54, 1.807) is 20.8 Å². The molecule has 2 aliphatic heterocycles. The zero-order chi connectivity index (χ0) is 41.6. The predicted octanol–water partition coefficient (Wildman–Crippen LogP) is 7.64. The Bertz CT molecular complexity index is 1980. The van der Waals surface area contributed by atoms with Gasteiger partial charge in [0.1, 0.15) is 52.5 Å². The molecule has 0 aliphatic carbocycles. The van der Waals surface area contributed by atoms with Gasteiger partial charge in [0.05, 0.1) is 33.5 Å². The van der Waals surface area contributed by atoms with Crippen molar-refractivity contribution >= 4 is 29.8 Å². The molecule has 2 heterocycles. The van der Waals surface area contributed by atoms with Gasteiger partial charge in [-0.1, -0.05) is 121 Å². The van der Waals surface area contributed by atoms with Crippen LogP contribution >= 0.6 is 11.8 Å². The van der Waals surface area contributed by atoms with E-state index < -0.39 is 59.5 Å². The van der Waals surface area contributed by atoms with E-state index in [0.717, 1.165) is 34.0 Å². The fourth-order valence-electron chi connectivity index (χ4n) is 6.47. The summed E-state index contributed by atoms with van der Waals surface area (Å²) in [5.41, 5.74) is 2.77. The molecule has 1 N–H and O–H groups in total. The predicted molar refractivity (Wildman–Crippen MR) is 220 cm³/mol. The minimum Gasteiger partial charge on any atom is -0.466 e. The van der Waals surface area contributed by atoms with Crippen LogP contribution in [0.4, 0.5) is 4.79 Å². The van der Waals surface area contributed by atoms with Gasteiger partial charge in [-0.3, -0.25) is 0 Å². The van der Waals surface area contributed by atoms with Gasteiger partial charge in [-0.05, 0) is 43.0 Å². The van der Waals surface area contributed by atoms with Crippen LogP contribution in [-0.2, 0) is 73.9 Å². The number of thioether (sulfide) groups is 1. The van der Waals surface area contributed by atoms with Gasteiger partial charge < -0.3 is 43.2 Å². The van der Waals surface area contributed by atoms with E-state index in [1.807, 2.05) is 121 Å². The molecule has 13 heteroatoms. The Balaban J connectivity index is 1.32. The number of amides is 1. The summed E-state index contributed by atoms with van der Waals surface area (Å²) in [6, 6.07) is 37.1. The number of benzene rings is 4. The van der Waals surface area contributed by atoms with Crippen molar-refractivity contribution in [2.24, 2.45) is 0 Å². The lowest BCUT2D eigenvalue weighted by molar-refractivity contribution is -0.267. The highest BCUT2D eigenvalue weighted by atomic mass is 32.2. The zero-order valence-corrected chi connectivity index (χ0v) is 34.5. The molecule has 0 unspecified atom stereocenters. The second kappa shape index (κ2) is 21.2. The summed E-state index contributed by atoms with van der Waals surface area (Å²) < 4.78 is 49.4. The molecule has 4 aromatic carbocycles. The lowest BCUT2D eigenvalue weighted by atomic mass is 9.99. The Hall–Kier alpha value is -5.18. The topological polar surface area (TPSA) is 137 Å². The van der Waals surface area contributed by atoms with Crippen molar-refractivity contribution in [2.75, 3.05) is 13.7 Å². The first-order valence-electron chi connectivity index (χ1n) is 19.5. The normalized spacial score (nSPS) is 20.7. The monoisotopic (exact) mass is 825 g/mol. The lowest BCUT2D eigenvalue weighted by Gasteiger charge is -2.47. The number of methoxy groups -OCH3 is 1. The van der Waals surface area contributed by atoms with Crippen molar-refractivity contribution in [3.05, 3.63) is 154 Å². The maximum absolute atomic E-state index is 13.7. The fourth-order valence-corrected chi connectivity index (χ4v) is 7.79. The Morgan fingerprint density at radius 3 is 1.75 bits per heavy atom. The quantitative estimate of drug-likeness (QED) is 0.0828. The largest absolute Gasteiger partial charge is 0.466 e. The van der Waals surface area contributed by atoms with E-state index in [0.29, 0.717) is 6.61 Å². The first-order valence-corrected chi connectivity index (χ1v) is 20.4. The molecule has 312 valence electrons. The summed E-state index contributed by atoms with van der Waals surface area (Å²) in [5, 5.41) is 1.98. The van der Waals surface area contributed by atoms with Crippen LogP contribution in [0, 0.1) is 0 Å². The van der Waals surface area contributed by atoms with Gasteiger partial charge >= 0.3 is 18.0 Å². The molecule has 6 atom stereocenters. The van der Waals surface area contributed by atoms with Crippen molar-refractivity contribution in [2.45, 2.75) is 95.1 Å². The van der Waals surface area contributed by atoms with Gasteiger partial charge in [-0.15, -0.1) is 11.8 Å². The summed E-state index contributed by atoms with van der Waals surface area (Å²) >= 11 is 1.15. The number of nitrogens with one attached hydrogen (secondary N) is 1. The minimum atomic E-state index is -1.32. The third-order valence-electron chi connectivity index (χ3n) is 9.28. The Kier molecular flexibility index (Phi) is 15.6. The highest BCUT2D eigenvalue weighted by Crippen LogP contribution is 2.45. The number of carbonyl (C=O) groups excluding carboxylic acids is 3. The molecule has 0 radical (unpaired) electrons. The molecule has 4 aromatic rings. The molecule has 1 fully saturated rings. The van der Waals surface area contributed by atoms with Gasteiger partial charge in [0.15, 0.2) is 0 Å². The smallest absolute Gasteiger partial charge is 0.408 e. The molecule has 1 saturated heterocycles. The summed E-state index contributed by atoms with van der Waals surface area (Å²) in [4.78, 5) is 40.5. The van der Waals surface area contributed by atoms with Crippen LogP contribution in [0.15, 0.2) is 132 Å². The molecule has 6 rings (SSSR count). The summed E-state index contributed by atoms with van der Waals surface area (Å²) in [6.07, 6.45) is -4.21. The van der Waals surface area contributed by atoms with Crippen LogP contribution in [0.25, 0.3) is 0 Å². The SMILES string of the molecule is COC(=O)C1=C(C[C@H](NC(=O)OC(C)(C)C)C(=O)OCc2ccccc2)O[C@H]2O[C@H](COCc3ccccc3)[C@@H](OCc3ccccc3)[C@H](OCc3ccccc3)[C@H]2S1. The van der Waals surface area contributed by atoms with Gasteiger partial charge in [0.25, 0.3) is 0 Å². The highest BCUT2D eigenvalue weighted by Gasteiger charge is 2.53. The summed E-state index contributed by atoms with van der Waals surface area (Å²) in [5.74, 6) is -1.40. The molecule has 0 saturated carbocycles. The van der Waals surface area contributed by atoms with E-state index in [-0.39, 0.29) is 43.5 Å². The van der Waals surface area contributed by atoms with E-state index in [1.165, 1.54) is 7.11 Å². The van der Waals surface area contributed by atoms with E-state index in [2.05, 4.69) is 5.32 Å². The van der Waals surface area contributed by atoms with E-state index in [9.17, 15) is 14.4 Å². The number of carbonyl (C=O) groups is 3. The fraction of sp³-hybridized carbons (Fsp3) is 0.370. The van der Waals surface area contributed by atoms with Gasteiger partial charge in [0, 0.05) is 6.42 Å². The first-order chi connectivity index (χ1) is 28.6. The van der Waals surface area contributed by atoms with Crippen LogP contribution < -0.4 is 5.32 Å². The van der Waals surface area contributed by atoms with Crippen LogP contribution in [0.1, 0.15) is 49.4 Å². The van der Waals surface area contributed by atoms with Crippen molar-refractivity contribution in [3.63, 3.8) is 0 Å². The van der Waals surface area contributed by atoms with Crippen molar-refractivity contribution in [3.8, 4) is 0 Å². The zero-order valence-electron chi connectivity index (χ0n) is 33.7. The maximum atomic E-state index is 13.7. The average molecular weight is 826 g/mol. The summed E-state index contributed by atoms with van der Waals surface area (Å²) in [7, 11) is 1.26. The van der Waals surface area contributed by atoms with Crippen molar-refractivity contribution < 1.29 is 52.3 Å². The molecule has 12 nitrogen and oxygen atoms in total. The third-order valence-corrected chi connectivity index (χ3v) is 10.7. The maximum Gasteiger partial charge on any atom is 0.408 e. The molecule has 59 heavy (non-hydrogen) atoms.